The van der Waals surface area contributed by atoms with Gasteiger partial charge >= 0.3 is 0 Å². The van der Waals surface area contributed by atoms with E-state index in [1.807, 2.05) is 43.3 Å². The molecular formula is C25H25N7O3. The van der Waals surface area contributed by atoms with Crippen LogP contribution in [0.1, 0.15) is 24.6 Å². The Labute approximate surface area is 201 Å². The van der Waals surface area contributed by atoms with Gasteiger partial charge in [0, 0.05) is 30.4 Å². The number of fused-ring (bicyclic) bond motifs is 1. The number of pyridine rings is 1. The zero-order chi connectivity index (χ0) is 24.5. The normalized spacial score (nSPS) is 15.8. The number of aryl methyl sites for hydroxylation is 1. The number of nitrogens with one attached hydrogen (secondary N) is 1. The number of nitrogen functional groups attached to an aromatic ring is 1. The summed E-state index contributed by atoms with van der Waals surface area (Å²) >= 11 is 0. The first-order chi connectivity index (χ1) is 16.9. The third kappa shape index (κ3) is 4.25. The molecule has 4 aromatic rings. The molecule has 4 heterocycles. The topological polar surface area (TPSA) is 132 Å². The first-order valence-corrected chi connectivity index (χ1v) is 11.3. The van der Waals surface area contributed by atoms with Crippen LogP contribution in [0.2, 0.25) is 0 Å². The number of aromatic amines is 1. The van der Waals surface area contributed by atoms with E-state index in [0.29, 0.717) is 41.3 Å². The van der Waals surface area contributed by atoms with E-state index in [0.717, 1.165) is 24.1 Å². The van der Waals surface area contributed by atoms with Crippen molar-refractivity contribution in [3.05, 3.63) is 71.2 Å². The van der Waals surface area contributed by atoms with Crippen LogP contribution in [0.3, 0.4) is 0 Å². The molecule has 1 aliphatic rings. The predicted molar refractivity (Wildman–Crippen MR) is 132 cm³/mol. The first kappa shape index (κ1) is 22.3. The van der Waals surface area contributed by atoms with Crippen molar-refractivity contribution in [3.63, 3.8) is 0 Å². The number of carbonyl (C=O) groups is 1. The highest BCUT2D eigenvalue weighted by Crippen LogP contribution is 2.34. The summed E-state index contributed by atoms with van der Waals surface area (Å²) in [5, 5.41) is 11.7. The lowest BCUT2D eigenvalue weighted by Gasteiger charge is -2.32. The number of benzene rings is 1. The highest BCUT2D eigenvalue weighted by molar-refractivity contribution is 5.99. The summed E-state index contributed by atoms with van der Waals surface area (Å²) in [5.74, 6) is 1.16. The highest BCUT2D eigenvalue weighted by Gasteiger charge is 2.28. The minimum atomic E-state index is -0.384. The van der Waals surface area contributed by atoms with Crippen molar-refractivity contribution in [1.82, 2.24) is 29.9 Å². The monoisotopic (exact) mass is 471 g/mol. The number of amides is 1. The van der Waals surface area contributed by atoms with Crippen molar-refractivity contribution in [3.8, 4) is 22.9 Å². The molecule has 1 saturated heterocycles. The molecule has 5 rings (SSSR count). The zero-order valence-electron chi connectivity index (χ0n) is 19.3. The number of nitrogens with two attached hydrogens (primary N) is 1. The zero-order valence-corrected chi connectivity index (χ0v) is 19.3. The summed E-state index contributed by atoms with van der Waals surface area (Å²) in [6, 6.07) is 12.7. The van der Waals surface area contributed by atoms with Crippen molar-refractivity contribution in [1.29, 1.82) is 0 Å². The average Bonchev–Trinajstić information content (AvgIpc) is 3.28. The number of hydrogen-bond acceptors (Lipinski definition) is 7. The molecule has 0 saturated carbocycles. The third-order valence-electron chi connectivity index (χ3n) is 6.10. The molecule has 1 aliphatic heterocycles. The number of ether oxygens (including phenoxy) is 1. The minimum Gasteiger partial charge on any atom is -0.439 e. The number of carbonyl (C=O) groups excluding carboxylic acids is 1. The lowest BCUT2D eigenvalue weighted by atomic mass is 10.1. The van der Waals surface area contributed by atoms with Crippen LogP contribution in [0.25, 0.3) is 22.2 Å². The van der Waals surface area contributed by atoms with Crippen LogP contribution in [-0.2, 0) is 4.79 Å². The molecule has 0 aliphatic carbocycles. The molecule has 1 amide bonds. The minimum absolute atomic E-state index is 0.139. The molecule has 10 heteroatoms. The van der Waals surface area contributed by atoms with Crippen molar-refractivity contribution < 1.29 is 9.53 Å². The van der Waals surface area contributed by atoms with E-state index in [1.165, 1.54) is 6.08 Å². The second kappa shape index (κ2) is 9.05. The molecule has 0 spiro atoms. The third-order valence-corrected chi connectivity index (χ3v) is 6.10. The van der Waals surface area contributed by atoms with Gasteiger partial charge in [0.2, 0.25) is 11.8 Å². The number of rotatable bonds is 5. The van der Waals surface area contributed by atoms with Crippen LogP contribution < -0.4 is 16.0 Å². The Kier molecular flexibility index (Phi) is 5.77. The summed E-state index contributed by atoms with van der Waals surface area (Å²) in [5.41, 5.74) is 8.33. The van der Waals surface area contributed by atoms with Crippen LogP contribution >= 0.6 is 0 Å². The molecule has 0 bridgehead atoms. The Hall–Kier alpha value is -4.47. The van der Waals surface area contributed by atoms with Gasteiger partial charge in [0.15, 0.2) is 5.82 Å². The van der Waals surface area contributed by atoms with Crippen LogP contribution in [0.5, 0.6) is 11.6 Å². The molecular weight excluding hydrogens is 446 g/mol. The molecule has 10 nitrogen and oxygen atoms in total. The van der Waals surface area contributed by atoms with Gasteiger partial charge in [-0.15, -0.1) is 0 Å². The van der Waals surface area contributed by atoms with E-state index >= 15 is 0 Å². The summed E-state index contributed by atoms with van der Waals surface area (Å²) in [6.45, 7) is 6.56. The van der Waals surface area contributed by atoms with Gasteiger partial charge in [0.25, 0.3) is 5.56 Å². The van der Waals surface area contributed by atoms with Gasteiger partial charge in [-0.3, -0.25) is 14.3 Å². The fourth-order valence-corrected chi connectivity index (χ4v) is 4.44. The fraction of sp³-hybridized carbons (Fsp3) is 0.240. The Morgan fingerprint density at radius 2 is 2.06 bits per heavy atom. The highest BCUT2D eigenvalue weighted by atomic mass is 16.5. The van der Waals surface area contributed by atoms with E-state index in [9.17, 15) is 9.59 Å². The van der Waals surface area contributed by atoms with Gasteiger partial charge in [-0.1, -0.05) is 12.6 Å². The second-order valence-corrected chi connectivity index (χ2v) is 8.48. The molecule has 1 atom stereocenters. The number of H-pyrrole nitrogens is 1. The largest absolute Gasteiger partial charge is 0.439 e. The number of aromatic nitrogens is 5. The SMILES string of the molecule is C=CC(=O)N1CCC[C@@H](n2nc(-c3ccc(Oc4cccc(C)n4)cc3)c3c(N)n[nH]c(=O)c32)C1. The van der Waals surface area contributed by atoms with Gasteiger partial charge in [0.05, 0.1) is 11.4 Å². The molecule has 3 N–H and O–H groups in total. The van der Waals surface area contributed by atoms with E-state index in [1.54, 1.807) is 15.6 Å². The first-order valence-electron chi connectivity index (χ1n) is 11.3. The van der Waals surface area contributed by atoms with Crippen molar-refractivity contribution >= 4 is 22.6 Å². The smallest absolute Gasteiger partial charge is 0.290 e. The average molecular weight is 472 g/mol. The quantitative estimate of drug-likeness (QED) is 0.427. The Bertz CT molecular complexity index is 1470. The summed E-state index contributed by atoms with van der Waals surface area (Å²) in [6.07, 6.45) is 2.87. The van der Waals surface area contributed by atoms with Crippen LogP contribution in [0.15, 0.2) is 59.9 Å². The standard InChI is InChI=1S/C25H25N7O3/c1-3-20(33)31-13-5-7-17(14-31)32-23-21(24(26)28-29-25(23)34)22(30-32)16-9-11-18(12-10-16)35-19-8-4-6-15(2)27-19/h3-4,6,8-12,17H,1,5,7,13-14H2,2H3,(H2,26,28)(H,29,34)/t17-/m1/s1. The maximum absolute atomic E-state index is 12.8. The molecule has 1 fully saturated rings. The lowest BCUT2D eigenvalue weighted by molar-refractivity contribution is -0.127. The van der Waals surface area contributed by atoms with Gasteiger partial charge < -0.3 is 15.4 Å². The van der Waals surface area contributed by atoms with Crippen LogP contribution in [-0.4, -0.2) is 48.9 Å². The predicted octanol–water partition coefficient (Wildman–Crippen LogP) is 3.21. The fourth-order valence-electron chi connectivity index (χ4n) is 4.44. The van der Waals surface area contributed by atoms with E-state index in [-0.39, 0.29) is 23.3 Å². The van der Waals surface area contributed by atoms with Gasteiger partial charge in [-0.2, -0.15) is 10.2 Å². The molecule has 0 unspecified atom stereocenters. The van der Waals surface area contributed by atoms with Gasteiger partial charge in [-0.25, -0.2) is 10.1 Å². The van der Waals surface area contributed by atoms with E-state index < -0.39 is 0 Å². The molecule has 3 aromatic heterocycles. The van der Waals surface area contributed by atoms with Gasteiger partial charge in [-0.05, 0) is 56.2 Å². The summed E-state index contributed by atoms with van der Waals surface area (Å²) < 4.78 is 7.54. The number of piperidine rings is 1. The molecule has 0 radical (unpaired) electrons. The maximum Gasteiger partial charge on any atom is 0.290 e. The van der Waals surface area contributed by atoms with Crippen molar-refractivity contribution in [2.45, 2.75) is 25.8 Å². The number of nitrogens with zero attached hydrogens (tertiary/aromatic N) is 5. The summed E-state index contributed by atoms with van der Waals surface area (Å²) in [7, 11) is 0. The number of anilines is 1. The Morgan fingerprint density at radius 1 is 1.26 bits per heavy atom. The molecule has 35 heavy (non-hydrogen) atoms. The van der Waals surface area contributed by atoms with Crippen LogP contribution in [0.4, 0.5) is 5.82 Å². The Balaban J connectivity index is 1.53. The number of likely N-dealkylation sites (tertiary alicyclic amines) is 1. The van der Waals surface area contributed by atoms with E-state index in [2.05, 4.69) is 21.8 Å². The molecule has 178 valence electrons. The van der Waals surface area contributed by atoms with Crippen molar-refractivity contribution in [2.24, 2.45) is 0 Å². The number of hydrogen-bond donors (Lipinski definition) is 2. The molecule has 1 aromatic carbocycles. The lowest BCUT2D eigenvalue weighted by Crippen LogP contribution is -2.40. The summed E-state index contributed by atoms with van der Waals surface area (Å²) in [4.78, 5) is 31.1. The van der Waals surface area contributed by atoms with Crippen molar-refractivity contribution in [2.75, 3.05) is 18.8 Å². The van der Waals surface area contributed by atoms with Gasteiger partial charge in [0.1, 0.15) is 17.0 Å². The maximum atomic E-state index is 12.8. The second-order valence-electron chi connectivity index (χ2n) is 8.48. The van der Waals surface area contributed by atoms with Crippen LogP contribution in [0, 0.1) is 6.92 Å². The van der Waals surface area contributed by atoms with E-state index in [4.69, 9.17) is 15.6 Å². The Morgan fingerprint density at radius 3 is 2.80 bits per heavy atom.